The summed E-state index contributed by atoms with van der Waals surface area (Å²) in [4.78, 5) is 22.6. The van der Waals surface area contributed by atoms with Gasteiger partial charge in [-0.1, -0.05) is 51.5 Å². The average Bonchev–Trinajstić information content (AvgIpc) is 3.16. The van der Waals surface area contributed by atoms with Crippen LogP contribution in [0.25, 0.3) is 11.4 Å². The lowest BCUT2D eigenvalue weighted by Crippen LogP contribution is -2.24. The van der Waals surface area contributed by atoms with Crippen molar-refractivity contribution in [1.29, 1.82) is 0 Å². The van der Waals surface area contributed by atoms with Gasteiger partial charge < -0.3 is 20.5 Å². The minimum atomic E-state index is -0.833. The van der Waals surface area contributed by atoms with Crippen LogP contribution in [0.1, 0.15) is 71.9 Å². The number of carbonyl (C=O) groups is 2. The number of nitrogens with two attached hydrogens (primary N) is 1. The average molecular weight is 432 g/mol. The van der Waals surface area contributed by atoms with Crippen molar-refractivity contribution in [3.05, 3.63) is 42.2 Å². The Labute approximate surface area is 185 Å². The van der Waals surface area contributed by atoms with Crippen LogP contribution in [0.15, 0.2) is 36.7 Å². The Hall–Kier alpha value is -2.67. The number of aromatic nitrogens is 2. The molecule has 1 aromatic carbocycles. The summed E-state index contributed by atoms with van der Waals surface area (Å²) >= 11 is 0. The molecule has 0 radical (unpaired) electrons. The van der Waals surface area contributed by atoms with Crippen molar-refractivity contribution < 1.29 is 19.8 Å². The van der Waals surface area contributed by atoms with Gasteiger partial charge in [0.05, 0.1) is 0 Å². The van der Waals surface area contributed by atoms with E-state index in [-0.39, 0.29) is 5.41 Å². The molecule has 1 aliphatic carbocycles. The Balaban J connectivity index is 0.000000519. The van der Waals surface area contributed by atoms with E-state index >= 15 is 0 Å². The number of nitrogens with zero attached hydrogens (tertiary/aromatic N) is 2. The highest BCUT2D eigenvalue weighted by Crippen LogP contribution is 2.35. The van der Waals surface area contributed by atoms with Crippen molar-refractivity contribution in [2.75, 3.05) is 6.54 Å². The molecule has 7 nitrogen and oxygen atoms in total. The van der Waals surface area contributed by atoms with Gasteiger partial charge in [-0.25, -0.2) is 4.98 Å². The number of hydrogen-bond donors (Lipinski definition) is 3. The van der Waals surface area contributed by atoms with E-state index in [9.17, 15) is 0 Å². The molecule has 1 heterocycles. The van der Waals surface area contributed by atoms with Gasteiger partial charge in [0.15, 0.2) is 0 Å². The molecule has 0 aliphatic heterocycles. The highest BCUT2D eigenvalue weighted by atomic mass is 16.4. The molecule has 3 rings (SSSR count). The van der Waals surface area contributed by atoms with Crippen LogP contribution in [0, 0.1) is 5.92 Å². The van der Waals surface area contributed by atoms with Crippen LogP contribution < -0.4 is 5.73 Å². The quantitative estimate of drug-likeness (QED) is 0.647. The minimum absolute atomic E-state index is 0.186. The molecule has 2 atom stereocenters. The zero-order chi connectivity index (χ0) is 23.6. The molecule has 31 heavy (non-hydrogen) atoms. The number of rotatable bonds is 3. The van der Waals surface area contributed by atoms with Gasteiger partial charge in [0.25, 0.3) is 11.9 Å². The van der Waals surface area contributed by atoms with E-state index in [0.29, 0.717) is 12.0 Å². The molecule has 0 amide bonds. The lowest BCUT2D eigenvalue weighted by Gasteiger charge is -2.30. The zero-order valence-corrected chi connectivity index (χ0v) is 19.3. The van der Waals surface area contributed by atoms with E-state index in [1.807, 2.05) is 6.20 Å². The second-order valence-electron chi connectivity index (χ2n) is 8.95. The number of benzene rings is 1. The molecule has 0 saturated heterocycles. The summed E-state index contributed by atoms with van der Waals surface area (Å²) in [5.74, 6) is 0.0837. The predicted molar refractivity (Wildman–Crippen MR) is 123 cm³/mol. The standard InChI is InChI=1S/C20H29N3.2C2H4O2/c1-20(2,3)17-9-7-16(8-10-17)19-22-11-12-23(19)18-6-4-5-15(13-18)14-21;2*1-2(3)4/h7-12,15,18H,4-6,13-14,21H2,1-3H3;2*1H3,(H,3,4)/t15-,18+;;/m0../s1. The molecular formula is C24H37N3O4. The van der Waals surface area contributed by atoms with Crippen LogP contribution in [-0.4, -0.2) is 38.2 Å². The van der Waals surface area contributed by atoms with Gasteiger partial charge in [-0.3, -0.25) is 9.59 Å². The maximum absolute atomic E-state index is 9.00. The van der Waals surface area contributed by atoms with E-state index in [0.717, 1.165) is 26.2 Å². The van der Waals surface area contributed by atoms with Crippen LogP contribution in [0.5, 0.6) is 0 Å². The van der Waals surface area contributed by atoms with Crippen molar-refractivity contribution in [2.24, 2.45) is 11.7 Å². The third-order valence-electron chi connectivity index (χ3n) is 5.16. The number of imidazole rings is 1. The van der Waals surface area contributed by atoms with Crippen LogP contribution in [-0.2, 0) is 15.0 Å². The molecular weight excluding hydrogens is 394 g/mol. The van der Waals surface area contributed by atoms with Crippen molar-refractivity contribution in [3.63, 3.8) is 0 Å². The van der Waals surface area contributed by atoms with Gasteiger partial charge in [-0.15, -0.1) is 0 Å². The highest BCUT2D eigenvalue weighted by Gasteiger charge is 2.24. The molecule has 7 heteroatoms. The van der Waals surface area contributed by atoms with Gasteiger partial charge in [0, 0.05) is 37.8 Å². The molecule has 1 saturated carbocycles. The Morgan fingerprint density at radius 1 is 1.10 bits per heavy atom. The van der Waals surface area contributed by atoms with Crippen LogP contribution >= 0.6 is 0 Å². The van der Waals surface area contributed by atoms with Crippen LogP contribution in [0.2, 0.25) is 0 Å². The number of carboxylic acids is 2. The summed E-state index contributed by atoms with van der Waals surface area (Å²) in [6.45, 7) is 9.72. The minimum Gasteiger partial charge on any atom is -0.481 e. The van der Waals surface area contributed by atoms with E-state index in [1.54, 1.807) is 0 Å². The smallest absolute Gasteiger partial charge is 0.300 e. The zero-order valence-electron chi connectivity index (χ0n) is 19.3. The first-order valence-electron chi connectivity index (χ1n) is 10.7. The van der Waals surface area contributed by atoms with Gasteiger partial charge in [0.1, 0.15) is 5.82 Å². The van der Waals surface area contributed by atoms with Crippen molar-refractivity contribution in [3.8, 4) is 11.4 Å². The summed E-state index contributed by atoms with van der Waals surface area (Å²) in [6.07, 6.45) is 9.03. The highest BCUT2D eigenvalue weighted by molar-refractivity contribution is 5.63. The van der Waals surface area contributed by atoms with Gasteiger partial charge in [0.2, 0.25) is 0 Å². The predicted octanol–water partition coefficient (Wildman–Crippen LogP) is 4.72. The maximum atomic E-state index is 9.00. The summed E-state index contributed by atoms with van der Waals surface area (Å²) in [7, 11) is 0. The fraction of sp³-hybridized carbons (Fsp3) is 0.542. The molecule has 2 aromatic rings. The first-order valence-corrected chi connectivity index (χ1v) is 10.7. The summed E-state index contributed by atoms with van der Waals surface area (Å²) in [6, 6.07) is 9.43. The van der Waals surface area contributed by atoms with E-state index in [1.165, 1.54) is 36.8 Å². The number of aliphatic carboxylic acids is 2. The molecule has 4 N–H and O–H groups in total. The third kappa shape index (κ3) is 9.34. The molecule has 0 spiro atoms. The first-order chi connectivity index (χ1) is 14.5. The largest absolute Gasteiger partial charge is 0.481 e. The second-order valence-corrected chi connectivity index (χ2v) is 8.95. The third-order valence-corrected chi connectivity index (χ3v) is 5.16. The normalized spacial score (nSPS) is 18.1. The molecule has 1 fully saturated rings. The Bertz CT molecular complexity index is 802. The lowest BCUT2D eigenvalue weighted by molar-refractivity contribution is -0.135. The van der Waals surface area contributed by atoms with Crippen LogP contribution in [0.3, 0.4) is 0 Å². The van der Waals surface area contributed by atoms with E-state index in [2.05, 4.69) is 60.8 Å². The Kier molecular flexibility index (Phi) is 10.4. The topological polar surface area (TPSA) is 118 Å². The summed E-state index contributed by atoms with van der Waals surface area (Å²) < 4.78 is 2.37. The molecule has 1 aromatic heterocycles. The van der Waals surface area contributed by atoms with Crippen molar-refractivity contribution in [2.45, 2.75) is 71.8 Å². The van der Waals surface area contributed by atoms with E-state index in [4.69, 9.17) is 25.5 Å². The van der Waals surface area contributed by atoms with Crippen molar-refractivity contribution >= 4 is 11.9 Å². The van der Waals surface area contributed by atoms with Gasteiger partial charge >= 0.3 is 0 Å². The monoisotopic (exact) mass is 431 g/mol. The fourth-order valence-corrected chi connectivity index (χ4v) is 3.68. The maximum Gasteiger partial charge on any atom is 0.300 e. The van der Waals surface area contributed by atoms with Gasteiger partial charge in [-0.05, 0) is 42.7 Å². The van der Waals surface area contributed by atoms with Crippen LogP contribution in [0.4, 0.5) is 0 Å². The van der Waals surface area contributed by atoms with Crippen molar-refractivity contribution in [1.82, 2.24) is 9.55 Å². The number of hydrogen-bond acceptors (Lipinski definition) is 4. The molecule has 0 bridgehead atoms. The molecule has 1 aliphatic rings. The number of carboxylic acid groups (broad SMARTS) is 2. The fourth-order valence-electron chi connectivity index (χ4n) is 3.68. The molecule has 0 unspecified atom stereocenters. The van der Waals surface area contributed by atoms with E-state index < -0.39 is 11.9 Å². The summed E-state index contributed by atoms with van der Waals surface area (Å²) in [5.41, 5.74) is 8.65. The molecule has 172 valence electrons. The first kappa shape index (κ1) is 26.4. The second kappa shape index (κ2) is 12.2. The Morgan fingerprint density at radius 3 is 2.13 bits per heavy atom. The van der Waals surface area contributed by atoms with Gasteiger partial charge in [-0.2, -0.15) is 0 Å². The lowest BCUT2D eigenvalue weighted by atomic mass is 9.85. The Morgan fingerprint density at radius 2 is 1.65 bits per heavy atom. The SMILES string of the molecule is CC(=O)O.CC(=O)O.CC(C)(C)c1ccc(-c2nccn2[C@@H]2CCC[C@H](CN)C2)cc1. The summed E-state index contributed by atoms with van der Waals surface area (Å²) in [5, 5.41) is 14.8.